The van der Waals surface area contributed by atoms with Gasteiger partial charge < -0.3 is 9.47 Å². The Morgan fingerprint density at radius 1 is 1.33 bits per heavy atom. The molecule has 0 radical (unpaired) electrons. The highest BCUT2D eigenvalue weighted by atomic mass is 16.6. The Morgan fingerprint density at radius 2 is 2.17 bits per heavy atom. The second kappa shape index (κ2) is 2.86. The van der Waals surface area contributed by atoms with E-state index < -0.39 is 11.9 Å². The second-order valence-corrected chi connectivity index (χ2v) is 3.16. The molecule has 0 amide bonds. The van der Waals surface area contributed by atoms with Crippen LogP contribution in [-0.4, -0.2) is 24.6 Å². The highest BCUT2D eigenvalue weighted by molar-refractivity contribution is 5.94. The van der Waals surface area contributed by atoms with E-state index in [0.717, 1.165) is 12.8 Å². The van der Waals surface area contributed by atoms with Gasteiger partial charge in [-0.1, -0.05) is 0 Å². The van der Waals surface area contributed by atoms with Gasteiger partial charge in [-0.25, -0.2) is 0 Å². The lowest BCUT2D eigenvalue weighted by Crippen LogP contribution is -2.23. The van der Waals surface area contributed by atoms with Crippen molar-refractivity contribution in [1.29, 1.82) is 0 Å². The predicted octanol–water partition coefficient (Wildman–Crippen LogP) is 0.255. The molecular weight excluding hydrogens is 160 g/mol. The van der Waals surface area contributed by atoms with E-state index in [4.69, 9.17) is 4.74 Å². The summed E-state index contributed by atoms with van der Waals surface area (Å²) < 4.78 is 9.73. The molecule has 0 aliphatic carbocycles. The van der Waals surface area contributed by atoms with Gasteiger partial charge in [-0.15, -0.1) is 0 Å². The Balaban J connectivity index is 2.03. The van der Waals surface area contributed by atoms with Crippen molar-refractivity contribution in [2.75, 3.05) is 6.61 Å². The summed E-state index contributed by atoms with van der Waals surface area (Å²) >= 11 is 0. The first-order chi connectivity index (χ1) is 5.77. The van der Waals surface area contributed by atoms with Gasteiger partial charge in [-0.2, -0.15) is 0 Å². The minimum atomic E-state index is -0.416. The van der Waals surface area contributed by atoms with Crippen LogP contribution in [0.25, 0.3) is 0 Å². The molecule has 66 valence electrons. The van der Waals surface area contributed by atoms with E-state index in [2.05, 4.69) is 4.74 Å². The molecule has 0 bridgehead atoms. The minimum absolute atomic E-state index is 0.0797. The van der Waals surface area contributed by atoms with Gasteiger partial charge in [0.2, 0.25) is 0 Å². The first kappa shape index (κ1) is 7.73. The summed E-state index contributed by atoms with van der Waals surface area (Å²) in [4.78, 5) is 21.8. The van der Waals surface area contributed by atoms with Crippen LogP contribution in [0.5, 0.6) is 0 Å². The molecule has 12 heavy (non-hydrogen) atoms. The molecule has 2 heterocycles. The molecule has 0 spiro atoms. The van der Waals surface area contributed by atoms with Gasteiger partial charge in [0.1, 0.15) is 0 Å². The maximum absolute atomic E-state index is 11.0. The number of carbonyl (C=O) groups excluding carboxylic acids is 2. The van der Waals surface area contributed by atoms with Gasteiger partial charge in [0, 0.05) is 6.61 Å². The van der Waals surface area contributed by atoms with Crippen molar-refractivity contribution in [2.45, 2.75) is 25.4 Å². The van der Waals surface area contributed by atoms with Crippen LogP contribution in [0, 0.1) is 5.92 Å². The van der Waals surface area contributed by atoms with Crippen LogP contribution in [0.15, 0.2) is 0 Å². The molecule has 2 aliphatic rings. The number of hydrogen-bond donors (Lipinski definition) is 0. The van der Waals surface area contributed by atoms with Crippen LogP contribution in [0.2, 0.25) is 0 Å². The molecule has 4 heteroatoms. The zero-order chi connectivity index (χ0) is 8.55. The summed E-state index contributed by atoms with van der Waals surface area (Å²) in [5, 5.41) is 0. The van der Waals surface area contributed by atoms with Crippen molar-refractivity contribution in [2.24, 2.45) is 5.92 Å². The van der Waals surface area contributed by atoms with Gasteiger partial charge >= 0.3 is 11.9 Å². The molecule has 0 aromatic carbocycles. The van der Waals surface area contributed by atoms with E-state index in [9.17, 15) is 9.59 Å². The van der Waals surface area contributed by atoms with Crippen LogP contribution < -0.4 is 0 Å². The third-order valence-electron chi connectivity index (χ3n) is 2.32. The topological polar surface area (TPSA) is 52.6 Å². The Hall–Kier alpha value is -0.900. The molecule has 2 saturated heterocycles. The van der Waals surface area contributed by atoms with Crippen molar-refractivity contribution < 1.29 is 19.1 Å². The fraction of sp³-hybridized carbons (Fsp3) is 0.750. The first-order valence-corrected chi connectivity index (χ1v) is 4.13. The lowest BCUT2D eigenvalue weighted by atomic mass is 9.99. The second-order valence-electron chi connectivity index (χ2n) is 3.16. The maximum Gasteiger partial charge on any atom is 0.319 e. The molecule has 4 nitrogen and oxygen atoms in total. The summed E-state index contributed by atoms with van der Waals surface area (Å²) in [6, 6.07) is 0. The third kappa shape index (κ3) is 1.22. The molecule has 0 saturated carbocycles. The van der Waals surface area contributed by atoms with Crippen molar-refractivity contribution >= 4 is 11.9 Å². The number of hydrogen-bond acceptors (Lipinski definition) is 4. The standard InChI is InChI=1S/C8H10O4/c9-7-4-5(8(10)12-7)6-2-1-3-11-6/h5-6H,1-4H2/t5-,6-/m1/s1. The number of cyclic esters (lactones) is 2. The number of esters is 2. The zero-order valence-electron chi connectivity index (χ0n) is 6.62. The molecule has 2 aliphatic heterocycles. The number of ether oxygens (including phenoxy) is 2. The molecule has 0 aromatic rings. The summed E-state index contributed by atoms with van der Waals surface area (Å²) in [6.07, 6.45) is 1.96. The smallest absolute Gasteiger partial charge is 0.319 e. The molecule has 0 N–H and O–H groups in total. The van der Waals surface area contributed by atoms with E-state index in [1.165, 1.54) is 0 Å². The van der Waals surface area contributed by atoms with Crippen molar-refractivity contribution in [1.82, 2.24) is 0 Å². The van der Waals surface area contributed by atoms with Gasteiger partial charge in [-0.3, -0.25) is 9.59 Å². The quantitative estimate of drug-likeness (QED) is 0.418. The van der Waals surface area contributed by atoms with Crippen LogP contribution in [0.1, 0.15) is 19.3 Å². The average Bonchev–Trinajstić information content (AvgIpc) is 2.58. The maximum atomic E-state index is 11.0. The zero-order valence-corrected chi connectivity index (χ0v) is 6.62. The summed E-state index contributed by atoms with van der Waals surface area (Å²) in [6.45, 7) is 0.697. The Labute approximate surface area is 69.8 Å². The fourth-order valence-electron chi connectivity index (χ4n) is 1.70. The van der Waals surface area contributed by atoms with Crippen LogP contribution in [-0.2, 0) is 19.1 Å². The average molecular weight is 170 g/mol. The summed E-state index contributed by atoms with van der Waals surface area (Å²) in [7, 11) is 0. The molecular formula is C8H10O4. The highest BCUT2D eigenvalue weighted by Crippen LogP contribution is 2.28. The summed E-state index contributed by atoms with van der Waals surface area (Å²) in [5.41, 5.74) is 0. The Morgan fingerprint density at radius 3 is 2.67 bits per heavy atom. The van der Waals surface area contributed by atoms with Gasteiger partial charge in [-0.05, 0) is 12.8 Å². The third-order valence-corrected chi connectivity index (χ3v) is 2.32. The fourth-order valence-corrected chi connectivity index (χ4v) is 1.70. The van der Waals surface area contributed by atoms with E-state index in [0.29, 0.717) is 6.61 Å². The van der Waals surface area contributed by atoms with Gasteiger partial charge in [0.05, 0.1) is 18.4 Å². The normalized spacial score (nSPS) is 35.7. The number of carbonyl (C=O) groups is 2. The predicted molar refractivity (Wildman–Crippen MR) is 38.2 cm³/mol. The Kier molecular flexibility index (Phi) is 1.84. The molecule has 0 aromatic heterocycles. The van der Waals surface area contributed by atoms with Crippen LogP contribution in [0.3, 0.4) is 0 Å². The van der Waals surface area contributed by atoms with Crippen LogP contribution >= 0.6 is 0 Å². The first-order valence-electron chi connectivity index (χ1n) is 4.13. The molecule has 2 atom stereocenters. The highest BCUT2D eigenvalue weighted by Gasteiger charge is 2.40. The summed E-state index contributed by atoms with van der Waals surface area (Å²) in [5.74, 6) is -1.16. The molecule has 0 unspecified atom stereocenters. The Bertz CT molecular complexity index is 217. The van der Waals surface area contributed by atoms with Gasteiger partial charge in [0.15, 0.2) is 0 Å². The SMILES string of the molecule is O=C1C[C@H]([C@H]2CCCO2)C(=O)O1. The van der Waals surface area contributed by atoms with Gasteiger partial charge in [0.25, 0.3) is 0 Å². The van der Waals surface area contributed by atoms with Crippen molar-refractivity contribution in [3.63, 3.8) is 0 Å². The van der Waals surface area contributed by atoms with E-state index in [1.54, 1.807) is 0 Å². The lowest BCUT2D eigenvalue weighted by Gasteiger charge is -2.11. The lowest BCUT2D eigenvalue weighted by molar-refractivity contribution is -0.154. The molecule has 2 fully saturated rings. The van der Waals surface area contributed by atoms with E-state index in [1.807, 2.05) is 0 Å². The van der Waals surface area contributed by atoms with Crippen molar-refractivity contribution in [3.8, 4) is 0 Å². The largest absolute Gasteiger partial charge is 0.393 e. The van der Waals surface area contributed by atoms with Crippen molar-refractivity contribution in [3.05, 3.63) is 0 Å². The van der Waals surface area contributed by atoms with E-state index >= 15 is 0 Å². The molecule has 2 rings (SSSR count). The number of rotatable bonds is 1. The van der Waals surface area contributed by atoms with Crippen LogP contribution in [0.4, 0.5) is 0 Å². The van der Waals surface area contributed by atoms with E-state index in [-0.39, 0.29) is 18.4 Å². The monoisotopic (exact) mass is 170 g/mol. The minimum Gasteiger partial charge on any atom is -0.393 e.